The zero-order valence-corrected chi connectivity index (χ0v) is 66.2. The van der Waals surface area contributed by atoms with Crippen LogP contribution in [0.3, 0.4) is 0 Å². The Bertz CT molecular complexity index is 4300. The molecule has 5 aliphatic rings. The van der Waals surface area contributed by atoms with Crippen LogP contribution < -0.4 is 52.0 Å². The summed E-state index contributed by atoms with van der Waals surface area (Å²) in [6.07, 6.45) is -1.22. The first kappa shape index (κ1) is 86.2. The molecule has 2 saturated heterocycles. The Morgan fingerprint density at radius 3 is 2.23 bits per heavy atom. The number of methoxy groups -OCH3 is 1. The number of hydrogen-bond acceptors (Lipinski definition) is 18. The van der Waals surface area contributed by atoms with Crippen LogP contribution in [0.15, 0.2) is 91.1 Å². The summed E-state index contributed by atoms with van der Waals surface area (Å²) in [5.74, 6) is -9.84. The van der Waals surface area contributed by atoms with Crippen molar-refractivity contribution in [3.63, 3.8) is 0 Å². The highest BCUT2D eigenvalue weighted by Crippen LogP contribution is 2.34. The molecule has 0 spiro atoms. The predicted octanol–water partition coefficient (Wildman–Crippen LogP) is 2.29. The molecule has 5 aliphatic heterocycles. The molecule has 0 radical (unpaired) electrons. The Balaban J connectivity index is 1.07. The van der Waals surface area contributed by atoms with Gasteiger partial charge in [-0.05, 0) is 148 Å². The van der Waals surface area contributed by atoms with Crippen molar-refractivity contribution in [3.8, 4) is 11.5 Å². The van der Waals surface area contributed by atoms with Gasteiger partial charge in [0.1, 0.15) is 72.0 Å². The van der Waals surface area contributed by atoms with Crippen LogP contribution >= 0.6 is 0 Å². The van der Waals surface area contributed by atoms with Gasteiger partial charge >= 0.3 is 0 Å². The van der Waals surface area contributed by atoms with Crippen molar-refractivity contribution in [3.05, 3.63) is 130 Å². The first-order valence-electron chi connectivity index (χ1n) is 39.5. The molecule has 9 N–H and O–H groups in total. The number of fused-ring (bicyclic) bond motifs is 11. The van der Waals surface area contributed by atoms with Crippen molar-refractivity contribution < 1.29 is 95.2 Å². The smallest absolute Gasteiger partial charge is 0.246 e. The highest BCUT2D eigenvalue weighted by Gasteiger charge is 2.50. The maximum Gasteiger partial charge on any atom is 0.246 e. The van der Waals surface area contributed by atoms with Crippen LogP contribution in [0.25, 0.3) is 10.9 Å². The molecule has 10 rings (SSSR count). The number of Topliss-reactive ketones (excluding diaryl/α,β-unsaturated/α-hetero) is 2. The first-order valence-corrected chi connectivity index (χ1v) is 39.5. The van der Waals surface area contributed by atoms with E-state index < -0.39 is 150 Å². The summed E-state index contributed by atoms with van der Waals surface area (Å²) in [7, 11) is 7.60. The molecule has 31 heteroatoms. The number of hydrogen-bond donors (Lipinski definition) is 9. The number of nitrogens with zero attached hydrogens (tertiary/aromatic N) is 4. The minimum Gasteiger partial charge on any atom is -0.497 e. The quantitative estimate of drug-likeness (QED) is 0.0536. The summed E-state index contributed by atoms with van der Waals surface area (Å²) >= 11 is 0. The fraction of sp³-hybridized carbons (Fsp3) is 0.542. The Morgan fingerprint density at radius 2 is 1.46 bits per heavy atom. The number of nitrogens with one attached hydrogen (secondary N) is 8. The molecule has 0 unspecified atom stereocenters. The molecule has 0 saturated carbocycles. The van der Waals surface area contributed by atoms with Crippen molar-refractivity contribution in [2.75, 3.05) is 101 Å². The first-order chi connectivity index (χ1) is 54.5. The Hall–Kier alpha value is -10.2. The van der Waals surface area contributed by atoms with Gasteiger partial charge in [-0.2, -0.15) is 0 Å². The Morgan fingerprint density at radius 1 is 0.711 bits per heavy atom. The number of likely N-dealkylation sites (N-methyl/N-ethyl adjacent to an activating group) is 1. The predicted molar refractivity (Wildman–Crippen MR) is 416 cm³/mol. The van der Waals surface area contributed by atoms with Gasteiger partial charge in [-0.25, -0.2) is 4.39 Å². The van der Waals surface area contributed by atoms with Gasteiger partial charge in [0.05, 0.1) is 79.5 Å². The van der Waals surface area contributed by atoms with Gasteiger partial charge in [-0.1, -0.05) is 48.5 Å². The van der Waals surface area contributed by atoms with Crippen LogP contribution in [-0.2, 0) is 117 Å². The van der Waals surface area contributed by atoms with E-state index in [0.717, 1.165) is 12.1 Å². The summed E-state index contributed by atoms with van der Waals surface area (Å²) in [6.45, 7) is 5.19. The number of ketones is 2. The molecule has 4 aromatic carbocycles. The van der Waals surface area contributed by atoms with Gasteiger partial charge in [-0.3, -0.25) is 57.5 Å². The highest BCUT2D eigenvalue weighted by molar-refractivity contribution is 6.00. The number of aliphatic hydroxyl groups excluding tert-OH is 1. The monoisotopic (exact) mass is 1580 g/mol. The van der Waals surface area contributed by atoms with Crippen molar-refractivity contribution in [1.29, 1.82) is 0 Å². The van der Waals surface area contributed by atoms with E-state index in [1.54, 1.807) is 67.7 Å². The van der Waals surface area contributed by atoms with Crippen LogP contribution in [0.5, 0.6) is 11.5 Å². The van der Waals surface area contributed by atoms with Gasteiger partial charge in [0.15, 0.2) is 5.78 Å². The topological polar surface area (TPSA) is 379 Å². The lowest BCUT2D eigenvalue weighted by molar-refractivity contribution is -0.870. The van der Waals surface area contributed by atoms with E-state index in [4.69, 9.17) is 23.7 Å². The second kappa shape index (κ2) is 40.2. The number of carbonyl (C=O) groups excluding carboxylic acids is 12. The van der Waals surface area contributed by atoms with Crippen molar-refractivity contribution in [2.45, 2.75) is 184 Å². The normalized spacial score (nSPS) is 24.6. The van der Waals surface area contributed by atoms with Crippen LogP contribution in [0, 0.1) is 11.7 Å². The largest absolute Gasteiger partial charge is 0.497 e. The minimum absolute atomic E-state index is 0.000642. The maximum absolute atomic E-state index is 16.3. The molecular weight excluding hydrogens is 1470 g/mol. The fourth-order valence-corrected chi connectivity index (χ4v) is 15.1. The average Bonchev–Trinajstić information content (AvgIpc) is 1.62. The highest BCUT2D eigenvalue weighted by atomic mass is 19.1. The standard InChI is InChI=1S/C83H109FN12O18/c1-51-76(103)91-66(48-87-71(100)28-36-111-38-39-112-37-34-96(4,5)6)77(104)89-64-42-55-12-10-13-56(40-55)47-86-73(102)50-114-69-27-33-94-75(69)79(106)92-74(52(2)97)78(105)90-65(41-53-15-22-62(110-7)23-16-53)81(108)95-32-11-29-83(95,3)82(109)85-30-26-54-14-17-57(18-20-61(98)21-25-72(101)88-51)70(43-54)113-35-9-8-31-93-49-59(44-58(80(94)107)45-68(64)99)63-46-60(84)19-24-67(63)93/h10,12-17,19,22-24,40,43,46,49,51-52,58,64-66,69,74-75,97H,8-9,11,18,20-21,25-39,41-42,44-45,47-48,50H2,1-7H3,(H7-,85,86,87,88,89,90,91,92,100,101,102,103,104,105,106,109)/p+1/t51-,52+,58+,64-,65-,66+,69-,74-,75-,83-/m0/s1. The summed E-state index contributed by atoms with van der Waals surface area (Å²) in [6, 6.07) is 13.8. The van der Waals surface area contributed by atoms with E-state index in [0.29, 0.717) is 93.5 Å². The molecule has 0 aliphatic carbocycles. The third-order valence-corrected chi connectivity index (χ3v) is 21.7. The number of carbonyl (C=O) groups is 12. The Kier molecular flexibility index (Phi) is 30.4. The molecular formula is C83H110FN12O18+. The number of benzene rings is 4. The fourth-order valence-electron chi connectivity index (χ4n) is 15.1. The number of halogens is 1. The zero-order valence-electron chi connectivity index (χ0n) is 66.2. The lowest BCUT2D eigenvalue weighted by Gasteiger charge is -2.37. The number of ether oxygens (including phenoxy) is 5. The van der Waals surface area contributed by atoms with Crippen LogP contribution in [0.4, 0.5) is 4.39 Å². The van der Waals surface area contributed by atoms with E-state index >= 15 is 33.2 Å². The Labute approximate surface area is 663 Å². The summed E-state index contributed by atoms with van der Waals surface area (Å²) in [4.78, 5) is 180. The summed E-state index contributed by atoms with van der Waals surface area (Å²) in [5, 5.41) is 34.1. The molecule has 1 aromatic heterocycles. The number of quaternary nitrogens is 1. The molecule has 5 aromatic rings. The van der Waals surface area contributed by atoms with E-state index in [9.17, 15) is 33.9 Å². The number of rotatable bonds is 15. The van der Waals surface area contributed by atoms with E-state index in [1.165, 1.54) is 42.9 Å². The van der Waals surface area contributed by atoms with Crippen LogP contribution in [0.2, 0.25) is 0 Å². The van der Waals surface area contributed by atoms with Crippen LogP contribution in [-0.4, -0.2) is 249 Å². The third-order valence-electron chi connectivity index (χ3n) is 21.7. The van der Waals surface area contributed by atoms with Gasteiger partial charge in [-0.15, -0.1) is 0 Å². The molecule has 10 amide bonds. The van der Waals surface area contributed by atoms with Crippen molar-refractivity contribution >= 4 is 81.5 Å². The SMILES string of the molecule is COc1ccc(C[C@@H]2NC(=O)[C@H]([C@@H](C)O)NC(=O)[C@@H]3[C@@H]4CCN3C(=O)[C@H]3CC(=O)[C@H](Cc5cccc(c5)CNC(=O)CO4)NC(=O)[C@@H](CNC(=O)CCOCCOCC[N+](C)(C)C)NC(=O)[C@H](C)NC(=O)CCC(=O)CCc4ccc(cc4OCCCCn4cc(c5cc(F)ccc54)C3)CCNC(=O)[C@]3(C)CCCN3C2=O)cc1. The molecule has 6 heterocycles. The molecule has 616 valence electrons. The lowest BCUT2D eigenvalue weighted by Crippen LogP contribution is -2.63. The lowest BCUT2D eigenvalue weighted by atomic mass is 9.88. The molecule has 114 heavy (non-hydrogen) atoms. The van der Waals surface area contributed by atoms with Gasteiger partial charge in [0.25, 0.3) is 0 Å². The molecule has 10 atom stereocenters. The van der Waals surface area contributed by atoms with Gasteiger partial charge < -0.3 is 90.2 Å². The molecule has 2 fully saturated rings. The molecule has 30 nitrogen and oxygen atoms in total. The number of aryl methyl sites for hydroxylation is 2. The van der Waals surface area contributed by atoms with E-state index in [2.05, 4.69) is 42.5 Å². The zero-order chi connectivity index (χ0) is 81.8. The van der Waals surface area contributed by atoms with Gasteiger partial charge in [0, 0.05) is 101 Å². The number of aromatic nitrogens is 1. The number of amides is 10. The second-order valence-electron chi connectivity index (χ2n) is 31.5. The number of aliphatic hydroxyl groups is 1. The summed E-state index contributed by atoms with van der Waals surface area (Å²) in [5.41, 5.74) is 2.57. The van der Waals surface area contributed by atoms with Crippen molar-refractivity contribution in [1.82, 2.24) is 56.9 Å². The van der Waals surface area contributed by atoms with Crippen LogP contribution in [0.1, 0.15) is 118 Å². The summed E-state index contributed by atoms with van der Waals surface area (Å²) < 4.78 is 48.1. The average molecular weight is 1580 g/mol. The second-order valence-corrected chi connectivity index (χ2v) is 31.5. The third kappa shape index (κ3) is 23.7. The van der Waals surface area contributed by atoms with Crippen molar-refractivity contribution in [2.24, 2.45) is 5.92 Å². The minimum atomic E-state index is -1.85. The molecule has 11 bridgehead atoms. The maximum atomic E-state index is 16.3. The van der Waals surface area contributed by atoms with Gasteiger partial charge in [0.2, 0.25) is 59.1 Å². The van der Waals surface area contributed by atoms with E-state index in [-0.39, 0.29) is 123 Å². The van der Waals surface area contributed by atoms with E-state index in [1.807, 2.05) is 43.9 Å².